The molecule has 0 aromatic heterocycles. The summed E-state index contributed by atoms with van der Waals surface area (Å²) in [7, 11) is -4.11. The van der Waals surface area contributed by atoms with Gasteiger partial charge in [-0.05, 0) is 75.7 Å². The Labute approximate surface area is 238 Å². The van der Waals surface area contributed by atoms with Crippen LogP contribution in [0.15, 0.2) is 88.2 Å². The minimum atomic E-state index is -4.11. The van der Waals surface area contributed by atoms with Gasteiger partial charge in [0.25, 0.3) is 10.0 Å². The van der Waals surface area contributed by atoms with Gasteiger partial charge in [-0.25, -0.2) is 8.42 Å². The first-order valence-electron chi connectivity index (χ1n) is 12.0. The van der Waals surface area contributed by atoms with E-state index in [-0.39, 0.29) is 17.3 Å². The molecule has 7 nitrogen and oxygen atoms in total. The van der Waals surface area contributed by atoms with E-state index in [2.05, 4.69) is 21.2 Å². The molecule has 10 heteroatoms. The maximum absolute atomic E-state index is 13.9. The van der Waals surface area contributed by atoms with Crippen LogP contribution >= 0.6 is 27.5 Å². The summed E-state index contributed by atoms with van der Waals surface area (Å²) in [6.45, 7) is 6.66. The second kappa shape index (κ2) is 12.3. The molecular formula is C28H31BrClN3O4S. The Morgan fingerprint density at radius 1 is 0.947 bits per heavy atom. The van der Waals surface area contributed by atoms with Gasteiger partial charge < -0.3 is 10.2 Å². The number of nitrogens with zero attached hydrogens (tertiary/aromatic N) is 2. The number of nitrogens with one attached hydrogen (secondary N) is 1. The standard InChI is InChI=1S/C28H31BrClN3O4S/c1-20(27(35)31-28(2,3)4)32(18-21-10-8-9-13-25(21)30)26(34)19-33(23-16-14-22(29)15-17-23)38(36,37)24-11-6-5-7-12-24/h5-17,20H,18-19H2,1-4H3,(H,31,35). The number of rotatable bonds is 9. The zero-order valence-electron chi connectivity index (χ0n) is 21.7. The Balaban J connectivity index is 2.03. The molecule has 0 radical (unpaired) electrons. The molecule has 3 aromatic rings. The molecule has 0 aliphatic carbocycles. The maximum Gasteiger partial charge on any atom is 0.264 e. The molecule has 202 valence electrons. The van der Waals surface area contributed by atoms with E-state index in [1.54, 1.807) is 73.7 Å². The van der Waals surface area contributed by atoms with Crippen molar-refractivity contribution in [3.63, 3.8) is 0 Å². The van der Waals surface area contributed by atoms with Gasteiger partial charge in [0.05, 0.1) is 10.6 Å². The highest BCUT2D eigenvalue weighted by Gasteiger charge is 2.33. The number of halogens is 2. The lowest BCUT2D eigenvalue weighted by atomic mass is 10.1. The summed E-state index contributed by atoms with van der Waals surface area (Å²) in [5.41, 5.74) is 0.429. The third-order valence-corrected chi connectivity index (χ3v) is 8.37. The van der Waals surface area contributed by atoms with Crippen molar-refractivity contribution in [2.24, 2.45) is 0 Å². The second-order valence-corrected chi connectivity index (χ2v) is 13.0. The van der Waals surface area contributed by atoms with Crippen LogP contribution in [0.2, 0.25) is 5.02 Å². The first kappa shape index (κ1) is 29.7. The van der Waals surface area contributed by atoms with E-state index in [1.165, 1.54) is 17.0 Å². The molecule has 1 unspecified atom stereocenters. The van der Waals surface area contributed by atoms with Crippen molar-refractivity contribution in [1.82, 2.24) is 10.2 Å². The second-order valence-electron chi connectivity index (χ2n) is 9.83. The normalized spacial score (nSPS) is 12.5. The third kappa shape index (κ3) is 7.58. The van der Waals surface area contributed by atoms with E-state index in [0.29, 0.717) is 16.3 Å². The Bertz CT molecular complexity index is 1380. The lowest BCUT2D eigenvalue weighted by molar-refractivity contribution is -0.140. The van der Waals surface area contributed by atoms with Gasteiger partial charge in [0.15, 0.2) is 0 Å². The summed E-state index contributed by atoms with van der Waals surface area (Å²) >= 11 is 9.75. The average molecular weight is 621 g/mol. The molecule has 0 saturated carbocycles. The third-order valence-electron chi connectivity index (χ3n) is 5.69. The van der Waals surface area contributed by atoms with E-state index < -0.39 is 34.1 Å². The van der Waals surface area contributed by atoms with Crippen molar-refractivity contribution in [1.29, 1.82) is 0 Å². The van der Waals surface area contributed by atoms with Crippen LogP contribution in [-0.2, 0) is 26.2 Å². The number of hydrogen-bond donors (Lipinski definition) is 1. The van der Waals surface area contributed by atoms with Gasteiger partial charge in [-0.1, -0.05) is 63.9 Å². The van der Waals surface area contributed by atoms with Crippen LogP contribution < -0.4 is 9.62 Å². The van der Waals surface area contributed by atoms with Crippen molar-refractivity contribution >= 4 is 55.1 Å². The zero-order chi connectivity index (χ0) is 28.1. The highest BCUT2D eigenvalue weighted by atomic mass is 79.9. The van der Waals surface area contributed by atoms with E-state index in [1.807, 2.05) is 20.8 Å². The molecule has 3 rings (SSSR count). The molecule has 1 atom stereocenters. The van der Waals surface area contributed by atoms with Gasteiger partial charge in [0.1, 0.15) is 12.6 Å². The zero-order valence-corrected chi connectivity index (χ0v) is 24.8. The summed E-state index contributed by atoms with van der Waals surface area (Å²) < 4.78 is 29.3. The molecule has 38 heavy (non-hydrogen) atoms. The van der Waals surface area contributed by atoms with Crippen molar-refractivity contribution < 1.29 is 18.0 Å². The van der Waals surface area contributed by atoms with Crippen LogP contribution in [-0.4, -0.2) is 43.3 Å². The van der Waals surface area contributed by atoms with Crippen LogP contribution in [0.1, 0.15) is 33.3 Å². The Morgan fingerprint density at radius 3 is 2.11 bits per heavy atom. The highest BCUT2D eigenvalue weighted by Crippen LogP contribution is 2.26. The SMILES string of the molecule is CC(C(=O)NC(C)(C)C)N(Cc1ccccc1Cl)C(=O)CN(c1ccc(Br)cc1)S(=O)(=O)c1ccccc1. The number of carbonyl (C=O) groups excluding carboxylic acids is 2. The molecule has 3 aromatic carbocycles. The molecule has 0 heterocycles. The quantitative estimate of drug-likeness (QED) is 0.336. The van der Waals surface area contributed by atoms with E-state index in [9.17, 15) is 18.0 Å². The van der Waals surface area contributed by atoms with Gasteiger partial charge >= 0.3 is 0 Å². The van der Waals surface area contributed by atoms with Crippen LogP contribution in [0.4, 0.5) is 5.69 Å². The topological polar surface area (TPSA) is 86.8 Å². The number of amides is 2. The van der Waals surface area contributed by atoms with Crippen molar-refractivity contribution in [3.8, 4) is 0 Å². The van der Waals surface area contributed by atoms with Crippen LogP contribution in [0, 0.1) is 0 Å². The fraction of sp³-hybridized carbons (Fsp3) is 0.286. The Hall–Kier alpha value is -2.88. The van der Waals surface area contributed by atoms with E-state index in [0.717, 1.165) is 8.78 Å². The molecule has 0 aliphatic rings. The van der Waals surface area contributed by atoms with Crippen LogP contribution in [0.3, 0.4) is 0 Å². The van der Waals surface area contributed by atoms with Crippen molar-refractivity contribution in [3.05, 3.63) is 93.9 Å². The number of anilines is 1. The summed E-state index contributed by atoms with van der Waals surface area (Å²) in [5.74, 6) is -0.914. The minimum Gasteiger partial charge on any atom is -0.350 e. The first-order valence-corrected chi connectivity index (χ1v) is 14.6. The smallest absolute Gasteiger partial charge is 0.264 e. The molecule has 1 N–H and O–H groups in total. The number of sulfonamides is 1. The Morgan fingerprint density at radius 2 is 1.53 bits per heavy atom. The van der Waals surface area contributed by atoms with Gasteiger partial charge in [0, 0.05) is 21.6 Å². The number of carbonyl (C=O) groups is 2. The lowest BCUT2D eigenvalue weighted by Crippen LogP contribution is -2.54. The molecule has 0 saturated heterocycles. The van der Waals surface area contributed by atoms with Crippen LogP contribution in [0.5, 0.6) is 0 Å². The summed E-state index contributed by atoms with van der Waals surface area (Å²) in [4.78, 5) is 28.4. The predicted octanol–water partition coefficient (Wildman–Crippen LogP) is 5.63. The highest BCUT2D eigenvalue weighted by molar-refractivity contribution is 9.10. The monoisotopic (exact) mass is 619 g/mol. The summed E-state index contributed by atoms with van der Waals surface area (Å²) in [6, 6.07) is 20.7. The average Bonchev–Trinajstić information content (AvgIpc) is 2.86. The van der Waals surface area contributed by atoms with Gasteiger partial charge in [0.2, 0.25) is 11.8 Å². The van der Waals surface area contributed by atoms with E-state index in [4.69, 9.17) is 11.6 Å². The molecule has 0 spiro atoms. The molecule has 2 amide bonds. The fourth-order valence-corrected chi connectivity index (χ4v) is 5.62. The molecular weight excluding hydrogens is 590 g/mol. The summed E-state index contributed by atoms with van der Waals surface area (Å²) in [5, 5.41) is 3.34. The minimum absolute atomic E-state index is 0.0246. The first-order chi connectivity index (χ1) is 17.8. The molecule has 0 fully saturated rings. The lowest BCUT2D eigenvalue weighted by Gasteiger charge is -2.33. The number of hydrogen-bond acceptors (Lipinski definition) is 4. The number of benzene rings is 3. The maximum atomic E-state index is 13.9. The molecule has 0 bridgehead atoms. The largest absolute Gasteiger partial charge is 0.350 e. The fourth-order valence-electron chi connectivity index (χ4n) is 3.72. The Kier molecular flexibility index (Phi) is 9.62. The van der Waals surface area contributed by atoms with Gasteiger partial charge in [-0.3, -0.25) is 13.9 Å². The predicted molar refractivity (Wildman–Crippen MR) is 154 cm³/mol. The van der Waals surface area contributed by atoms with Gasteiger partial charge in [-0.2, -0.15) is 0 Å². The van der Waals surface area contributed by atoms with Gasteiger partial charge in [-0.15, -0.1) is 0 Å². The van der Waals surface area contributed by atoms with E-state index >= 15 is 0 Å². The van der Waals surface area contributed by atoms with Crippen molar-refractivity contribution in [2.45, 2.75) is 50.7 Å². The van der Waals surface area contributed by atoms with Crippen LogP contribution in [0.25, 0.3) is 0 Å². The molecule has 0 aliphatic heterocycles. The van der Waals surface area contributed by atoms with Crippen molar-refractivity contribution in [2.75, 3.05) is 10.8 Å². The summed E-state index contributed by atoms with van der Waals surface area (Å²) in [6.07, 6.45) is 0.